The highest BCUT2D eigenvalue weighted by molar-refractivity contribution is 5.43. The topological polar surface area (TPSA) is 45.2 Å². The molecule has 0 aliphatic carbocycles. The van der Waals surface area contributed by atoms with E-state index in [1.54, 1.807) is 14.2 Å². The zero-order valence-corrected chi connectivity index (χ0v) is 19.1. The fourth-order valence-electron chi connectivity index (χ4n) is 4.84. The molecule has 1 aliphatic rings. The number of hydrogen-bond acceptors (Lipinski definition) is 5. The van der Waals surface area contributed by atoms with Crippen LogP contribution in [0, 0.1) is 0 Å². The first-order valence-corrected chi connectivity index (χ1v) is 11.0. The normalized spacial score (nSPS) is 17.6. The predicted molar refractivity (Wildman–Crippen MR) is 127 cm³/mol. The first kappa shape index (κ1) is 22.3. The van der Waals surface area contributed by atoms with Crippen molar-refractivity contribution in [2.24, 2.45) is 0 Å². The molecular formula is C27H32N2O3. The van der Waals surface area contributed by atoms with Crippen molar-refractivity contribution in [3.63, 3.8) is 0 Å². The summed E-state index contributed by atoms with van der Waals surface area (Å²) in [4.78, 5) is 4.79. The zero-order valence-electron chi connectivity index (χ0n) is 19.1. The van der Waals surface area contributed by atoms with Crippen LogP contribution >= 0.6 is 0 Å². The Kier molecular flexibility index (Phi) is 6.80. The smallest absolute Gasteiger partial charge is 0.128 e. The van der Waals surface area contributed by atoms with Gasteiger partial charge in [0.1, 0.15) is 11.5 Å². The van der Waals surface area contributed by atoms with Crippen LogP contribution in [0.4, 0.5) is 0 Å². The molecule has 32 heavy (non-hydrogen) atoms. The second-order valence-electron chi connectivity index (χ2n) is 8.40. The molecule has 1 aliphatic heterocycles. The van der Waals surface area contributed by atoms with Gasteiger partial charge in [0, 0.05) is 37.8 Å². The number of aliphatic hydroxyl groups is 1. The number of rotatable bonds is 7. The Morgan fingerprint density at radius 2 is 1.50 bits per heavy atom. The Bertz CT molecular complexity index is 970. The standard InChI is InChI=1S/C27H32N2O3/c1-28-16-17-29(19-25(30)24-15-14-23(31-2)18-26(24)32-3)27(20-28,21-10-6-4-7-11-21)22-12-8-5-9-13-22/h4-15,18,25,30H,16-17,19-20H2,1-3H3. The molecule has 1 heterocycles. The summed E-state index contributed by atoms with van der Waals surface area (Å²) in [6.07, 6.45) is -0.703. The predicted octanol–water partition coefficient (Wildman–Crippen LogP) is 3.93. The number of benzene rings is 3. The average Bonchev–Trinajstić information content (AvgIpc) is 2.85. The first-order valence-electron chi connectivity index (χ1n) is 11.0. The molecule has 1 fully saturated rings. The van der Waals surface area contributed by atoms with Gasteiger partial charge in [0.05, 0.1) is 25.9 Å². The van der Waals surface area contributed by atoms with Crippen LogP contribution < -0.4 is 9.47 Å². The highest BCUT2D eigenvalue weighted by atomic mass is 16.5. The van der Waals surface area contributed by atoms with Gasteiger partial charge in [-0.2, -0.15) is 0 Å². The second kappa shape index (κ2) is 9.74. The van der Waals surface area contributed by atoms with E-state index in [2.05, 4.69) is 77.5 Å². The maximum absolute atomic E-state index is 11.4. The lowest BCUT2D eigenvalue weighted by Gasteiger charge is -2.51. The average molecular weight is 433 g/mol. The lowest BCUT2D eigenvalue weighted by Crippen LogP contribution is -2.60. The van der Waals surface area contributed by atoms with Gasteiger partial charge in [-0.15, -0.1) is 0 Å². The highest BCUT2D eigenvalue weighted by Gasteiger charge is 2.44. The summed E-state index contributed by atoms with van der Waals surface area (Å²) in [5.41, 5.74) is 2.86. The maximum Gasteiger partial charge on any atom is 0.128 e. The minimum Gasteiger partial charge on any atom is -0.497 e. The third-order valence-electron chi connectivity index (χ3n) is 6.49. The number of methoxy groups -OCH3 is 2. The van der Waals surface area contributed by atoms with E-state index in [9.17, 15) is 5.11 Å². The molecule has 5 nitrogen and oxygen atoms in total. The van der Waals surface area contributed by atoms with E-state index in [-0.39, 0.29) is 5.54 Å². The van der Waals surface area contributed by atoms with Crippen LogP contribution in [0.25, 0.3) is 0 Å². The van der Waals surface area contributed by atoms with Gasteiger partial charge in [0.2, 0.25) is 0 Å². The summed E-state index contributed by atoms with van der Waals surface area (Å²) in [5.74, 6) is 1.34. The minimum atomic E-state index is -0.703. The van der Waals surface area contributed by atoms with Crippen LogP contribution in [0.5, 0.6) is 11.5 Å². The van der Waals surface area contributed by atoms with Crippen LogP contribution in [-0.2, 0) is 5.54 Å². The molecule has 0 radical (unpaired) electrons. The lowest BCUT2D eigenvalue weighted by atomic mass is 9.79. The van der Waals surface area contributed by atoms with Gasteiger partial charge >= 0.3 is 0 Å². The van der Waals surface area contributed by atoms with Crippen molar-refractivity contribution in [2.75, 3.05) is 47.4 Å². The van der Waals surface area contributed by atoms with E-state index < -0.39 is 6.10 Å². The quantitative estimate of drug-likeness (QED) is 0.613. The Hall–Kier alpha value is -2.86. The lowest BCUT2D eigenvalue weighted by molar-refractivity contribution is -0.00387. The molecule has 3 aromatic rings. The van der Waals surface area contributed by atoms with Crippen LogP contribution in [-0.4, -0.2) is 62.4 Å². The number of piperazine rings is 1. The van der Waals surface area contributed by atoms with E-state index in [4.69, 9.17) is 9.47 Å². The molecule has 1 N–H and O–H groups in total. The van der Waals surface area contributed by atoms with Crippen LogP contribution in [0.15, 0.2) is 78.9 Å². The summed E-state index contributed by atoms with van der Waals surface area (Å²) in [6, 6.07) is 26.8. The van der Waals surface area contributed by atoms with Gasteiger partial charge in [-0.3, -0.25) is 4.90 Å². The van der Waals surface area contributed by atoms with Gasteiger partial charge in [0.25, 0.3) is 0 Å². The first-order chi connectivity index (χ1) is 15.6. The number of ether oxygens (including phenoxy) is 2. The molecule has 3 aromatic carbocycles. The van der Waals surface area contributed by atoms with Gasteiger partial charge in [-0.25, -0.2) is 0 Å². The van der Waals surface area contributed by atoms with Gasteiger partial charge in [-0.05, 0) is 30.3 Å². The Labute approximate surface area is 190 Å². The third-order valence-corrected chi connectivity index (χ3v) is 6.49. The number of aliphatic hydroxyl groups excluding tert-OH is 1. The van der Waals surface area contributed by atoms with Gasteiger partial charge < -0.3 is 19.5 Å². The van der Waals surface area contributed by atoms with Crippen LogP contribution in [0.2, 0.25) is 0 Å². The monoisotopic (exact) mass is 432 g/mol. The minimum absolute atomic E-state index is 0.365. The molecule has 4 rings (SSSR count). The molecule has 0 spiro atoms. The maximum atomic E-state index is 11.4. The van der Waals surface area contributed by atoms with Crippen molar-refractivity contribution in [1.82, 2.24) is 9.80 Å². The summed E-state index contributed by atoms with van der Waals surface area (Å²) in [7, 11) is 5.42. The van der Waals surface area contributed by atoms with Crippen molar-refractivity contribution in [3.05, 3.63) is 95.6 Å². The molecule has 0 amide bonds. The number of nitrogens with zero attached hydrogens (tertiary/aromatic N) is 2. The largest absolute Gasteiger partial charge is 0.497 e. The van der Waals surface area contributed by atoms with E-state index in [0.717, 1.165) is 25.2 Å². The molecule has 1 unspecified atom stereocenters. The second-order valence-corrected chi connectivity index (χ2v) is 8.40. The summed E-state index contributed by atoms with van der Waals surface area (Å²) in [5, 5.41) is 11.4. The van der Waals surface area contributed by atoms with E-state index in [1.807, 2.05) is 18.2 Å². The van der Waals surface area contributed by atoms with Crippen molar-refractivity contribution < 1.29 is 14.6 Å². The Morgan fingerprint density at radius 1 is 0.875 bits per heavy atom. The molecule has 0 saturated carbocycles. The highest BCUT2D eigenvalue weighted by Crippen LogP contribution is 2.40. The molecule has 1 atom stereocenters. The van der Waals surface area contributed by atoms with Crippen molar-refractivity contribution in [3.8, 4) is 11.5 Å². The summed E-state index contributed by atoms with van der Waals surface area (Å²) >= 11 is 0. The van der Waals surface area contributed by atoms with Gasteiger partial charge in [0.15, 0.2) is 0 Å². The number of β-amino-alcohol motifs (C(OH)–C–C–N with tert-alkyl or cyclic N) is 1. The van der Waals surface area contributed by atoms with Gasteiger partial charge in [-0.1, -0.05) is 60.7 Å². The number of likely N-dealkylation sites (N-methyl/N-ethyl adjacent to an activating group) is 1. The SMILES string of the molecule is COc1ccc(C(O)CN2CCN(C)CC2(c2ccccc2)c2ccccc2)c(OC)c1. The Balaban J connectivity index is 1.76. The van der Waals surface area contributed by atoms with Crippen LogP contribution in [0.3, 0.4) is 0 Å². The summed E-state index contributed by atoms with van der Waals surface area (Å²) < 4.78 is 10.9. The molecule has 168 valence electrons. The third kappa shape index (κ3) is 4.24. The van der Waals surface area contributed by atoms with E-state index >= 15 is 0 Å². The van der Waals surface area contributed by atoms with Crippen molar-refractivity contribution in [2.45, 2.75) is 11.6 Å². The van der Waals surface area contributed by atoms with Crippen LogP contribution in [0.1, 0.15) is 22.8 Å². The van der Waals surface area contributed by atoms with Crippen molar-refractivity contribution >= 4 is 0 Å². The molecule has 0 aromatic heterocycles. The van der Waals surface area contributed by atoms with E-state index in [0.29, 0.717) is 18.0 Å². The fourth-order valence-corrected chi connectivity index (χ4v) is 4.84. The molecule has 0 bridgehead atoms. The Morgan fingerprint density at radius 3 is 2.06 bits per heavy atom. The molecular weight excluding hydrogens is 400 g/mol. The summed E-state index contributed by atoms with van der Waals surface area (Å²) in [6.45, 7) is 3.11. The molecule has 5 heteroatoms. The van der Waals surface area contributed by atoms with Crippen molar-refractivity contribution in [1.29, 1.82) is 0 Å². The fraction of sp³-hybridized carbons (Fsp3) is 0.333. The number of hydrogen-bond donors (Lipinski definition) is 1. The van der Waals surface area contributed by atoms with E-state index in [1.165, 1.54) is 11.1 Å². The zero-order chi connectivity index (χ0) is 22.6. The molecule has 1 saturated heterocycles.